The molecule has 0 saturated carbocycles. The van der Waals surface area contributed by atoms with Gasteiger partial charge in [0.25, 0.3) is 5.97 Å². The molecule has 2 aromatic carbocycles. The van der Waals surface area contributed by atoms with E-state index in [9.17, 15) is 9.59 Å². The number of urea groups is 1. The van der Waals surface area contributed by atoms with Gasteiger partial charge >= 0.3 is 12.0 Å². The van der Waals surface area contributed by atoms with E-state index < -0.39 is 24.0 Å². The van der Waals surface area contributed by atoms with Crippen LogP contribution in [-0.2, 0) is 16.2 Å². The van der Waals surface area contributed by atoms with Crippen molar-refractivity contribution in [2.75, 3.05) is 33.0 Å². The van der Waals surface area contributed by atoms with E-state index in [-0.39, 0.29) is 6.42 Å². The molecule has 0 bridgehead atoms. The third-order valence-electron chi connectivity index (χ3n) is 3.88. The highest BCUT2D eigenvalue weighted by atomic mass is 16.5. The van der Waals surface area contributed by atoms with Crippen LogP contribution in [0.5, 0.6) is 5.75 Å². The number of likely N-dealkylation sites (N-methyl/N-ethyl adjacent to an activating group) is 1. The predicted molar refractivity (Wildman–Crippen MR) is 122 cm³/mol. The predicted octanol–water partition coefficient (Wildman–Crippen LogP) is 3.03. The molecule has 32 heavy (non-hydrogen) atoms. The van der Waals surface area contributed by atoms with Crippen molar-refractivity contribution in [1.29, 1.82) is 0 Å². The first-order valence-electron chi connectivity index (χ1n) is 10.0. The van der Waals surface area contributed by atoms with Gasteiger partial charge in [-0.1, -0.05) is 30.3 Å². The SMILES string of the molecule is CC(=O)O.C[N+](C)(C)C[C@@H](CC(=O)O)NC(=O)Nc1ccc(OCc2ccccc2)cc1. The molecule has 0 heterocycles. The van der Waals surface area contributed by atoms with Crippen molar-refractivity contribution in [1.82, 2.24) is 5.32 Å². The summed E-state index contributed by atoms with van der Waals surface area (Å²) in [5.41, 5.74) is 1.68. The van der Waals surface area contributed by atoms with Gasteiger partial charge in [0.2, 0.25) is 0 Å². The third kappa shape index (κ3) is 12.9. The van der Waals surface area contributed by atoms with Crippen molar-refractivity contribution in [2.45, 2.75) is 26.0 Å². The highest BCUT2D eigenvalue weighted by Gasteiger charge is 2.22. The first-order valence-corrected chi connectivity index (χ1v) is 10.0. The first-order chi connectivity index (χ1) is 14.9. The maximum Gasteiger partial charge on any atom is 0.319 e. The Labute approximate surface area is 188 Å². The summed E-state index contributed by atoms with van der Waals surface area (Å²) in [5.74, 6) is -1.08. The van der Waals surface area contributed by atoms with Gasteiger partial charge in [0, 0.05) is 12.6 Å². The molecule has 0 aliphatic carbocycles. The number of carbonyl (C=O) groups excluding carboxylic acids is 1. The number of hydrogen-bond acceptors (Lipinski definition) is 4. The summed E-state index contributed by atoms with van der Waals surface area (Å²) in [4.78, 5) is 32.3. The van der Waals surface area contributed by atoms with Crippen LogP contribution in [0.15, 0.2) is 54.6 Å². The molecule has 9 nitrogen and oxygen atoms in total. The van der Waals surface area contributed by atoms with Crippen LogP contribution in [0.4, 0.5) is 10.5 Å². The van der Waals surface area contributed by atoms with Crippen LogP contribution in [0.25, 0.3) is 0 Å². The minimum atomic E-state index is -0.946. The molecule has 0 spiro atoms. The highest BCUT2D eigenvalue weighted by Crippen LogP contribution is 2.17. The van der Waals surface area contributed by atoms with E-state index in [0.717, 1.165) is 12.5 Å². The van der Waals surface area contributed by atoms with Gasteiger partial charge in [0.05, 0.1) is 40.2 Å². The third-order valence-corrected chi connectivity index (χ3v) is 3.88. The Morgan fingerprint density at radius 3 is 2.03 bits per heavy atom. The number of nitrogens with one attached hydrogen (secondary N) is 2. The fourth-order valence-corrected chi connectivity index (χ4v) is 2.76. The molecule has 2 amide bonds. The van der Waals surface area contributed by atoms with E-state index >= 15 is 0 Å². The van der Waals surface area contributed by atoms with E-state index in [1.807, 2.05) is 51.5 Å². The van der Waals surface area contributed by atoms with Crippen LogP contribution in [0.3, 0.4) is 0 Å². The number of quaternary nitrogens is 1. The summed E-state index contributed by atoms with van der Waals surface area (Å²) < 4.78 is 6.27. The lowest BCUT2D eigenvalue weighted by Gasteiger charge is -2.29. The molecule has 0 aliphatic heterocycles. The fourth-order valence-electron chi connectivity index (χ4n) is 2.76. The van der Waals surface area contributed by atoms with Gasteiger partial charge in [0.1, 0.15) is 12.4 Å². The number of hydrogen-bond donors (Lipinski definition) is 4. The number of carbonyl (C=O) groups is 3. The van der Waals surface area contributed by atoms with Gasteiger partial charge in [0.15, 0.2) is 0 Å². The molecule has 4 N–H and O–H groups in total. The topological polar surface area (TPSA) is 125 Å². The smallest absolute Gasteiger partial charge is 0.319 e. The minimum absolute atomic E-state index is 0.130. The zero-order valence-electron chi connectivity index (χ0n) is 18.9. The fraction of sp³-hybridized carbons (Fsp3) is 0.348. The van der Waals surface area contributed by atoms with E-state index in [4.69, 9.17) is 19.7 Å². The Kier molecular flexibility index (Phi) is 10.7. The summed E-state index contributed by atoms with van der Waals surface area (Å²) in [6.45, 7) is 2.06. The lowest BCUT2D eigenvalue weighted by atomic mass is 10.2. The number of benzene rings is 2. The number of aliphatic carboxylic acids is 2. The molecule has 0 aliphatic rings. The van der Waals surface area contributed by atoms with Gasteiger partial charge in [-0.15, -0.1) is 0 Å². The van der Waals surface area contributed by atoms with Gasteiger partial charge < -0.3 is 30.1 Å². The first kappa shape index (κ1) is 26.4. The molecule has 9 heteroatoms. The Hall–Kier alpha value is -3.59. The summed E-state index contributed by atoms with van der Waals surface area (Å²) >= 11 is 0. The molecule has 174 valence electrons. The number of nitrogens with zero attached hydrogens (tertiary/aromatic N) is 1. The van der Waals surface area contributed by atoms with Crippen molar-refractivity contribution in [3.05, 3.63) is 60.2 Å². The summed E-state index contributed by atoms with van der Waals surface area (Å²) in [7, 11) is 5.84. The molecule has 2 rings (SSSR count). The second-order valence-corrected chi connectivity index (χ2v) is 8.18. The van der Waals surface area contributed by atoms with E-state index in [2.05, 4.69) is 10.6 Å². The quantitative estimate of drug-likeness (QED) is 0.439. The molecular formula is C23H32N3O6+. The largest absolute Gasteiger partial charge is 0.489 e. The second-order valence-electron chi connectivity index (χ2n) is 8.18. The maximum absolute atomic E-state index is 12.2. The standard InChI is InChI=1S/C21H27N3O4.C2H4O2/c1-24(2,3)14-18(13-20(25)26)23-21(27)22-17-9-11-19(12-10-17)28-15-16-7-5-4-6-8-16;1-2(3)4/h4-12,18H,13-15H2,1-3H3,(H2-,22,23,25,26,27);1H3,(H,3,4)/p+1/t18-;/m1./s1. The van der Waals surface area contributed by atoms with Crippen molar-refractivity contribution in [3.8, 4) is 5.75 Å². The van der Waals surface area contributed by atoms with E-state index in [1.165, 1.54) is 0 Å². The zero-order valence-corrected chi connectivity index (χ0v) is 18.9. The van der Waals surface area contributed by atoms with Crippen molar-refractivity contribution >= 4 is 23.7 Å². The maximum atomic E-state index is 12.2. The second kappa shape index (κ2) is 13.0. The highest BCUT2D eigenvalue weighted by molar-refractivity contribution is 5.89. The van der Waals surface area contributed by atoms with Crippen molar-refractivity contribution < 1.29 is 33.8 Å². The average Bonchev–Trinajstić information content (AvgIpc) is 2.66. The van der Waals surface area contributed by atoms with Crippen LogP contribution in [0, 0.1) is 0 Å². The number of carboxylic acid groups (broad SMARTS) is 2. The summed E-state index contributed by atoms with van der Waals surface area (Å²) in [6.07, 6.45) is -0.130. The van der Waals surface area contributed by atoms with Crippen LogP contribution in [0.2, 0.25) is 0 Å². The number of amides is 2. The molecule has 1 atom stereocenters. The number of anilines is 1. The van der Waals surface area contributed by atoms with Crippen molar-refractivity contribution in [3.63, 3.8) is 0 Å². The molecule has 0 radical (unpaired) electrons. The summed E-state index contributed by atoms with van der Waals surface area (Å²) in [5, 5.41) is 21.9. The number of ether oxygens (including phenoxy) is 1. The Balaban J connectivity index is 0.00000118. The van der Waals surface area contributed by atoms with Crippen LogP contribution >= 0.6 is 0 Å². The zero-order chi connectivity index (χ0) is 24.1. The molecular weight excluding hydrogens is 414 g/mol. The van der Waals surface area contributed by atoms with Gasteiger partial charge in [-0.2, -0.15) is 0 Å². The monoisotopic (exact) mass is 446 g/mol. The normalized spacial score (nSPS) is 11.4. The van der Waals surface area contributed by atoms with Crippen LogP contribution < -0.4 is 15.4 Å². The lowest BCUT2D eigenvalue weighted by molar-refractivity contribution is -0.871. The summed E-state index contributed by atoms with van der Waals surface area (Å²) in [6, 6.07) is 16.0. The molecule has 0 aromatic heterocycles. The molecule has 0 saturated heterocycles. The van der Waals surface area contributed by atoms with Crippen LogP contribution in [0.1, 0.15) is 18.9 Å². The minimum Gasteiger partial charge on any atom is -0.489 e. The number of carboxylic acids is 2. The average molecular weight is 447 g/mol. The van der Waals surface area contributed by atoms with E-state index in [1.54, 1.807) is 24.3 Å². The van der Waals surface area contributed by atoms with Gasteiger partial charge in [-0.3, -0.25) is 9.59 Å². The molecule has 0 unspecified atom stereocenters. The van der Waals surface area contributed by atoms with E-state index in [0.29, 0.717) is 29.1 Å². The Bertz CT molecular complexity index is 860. The number of rotatable bonds is 9. The Morgan fingerprint density at radius 1 is 0.969 bits per heavy atom. The Morgan fingerprint density at radius 2 is 1.53 bits per heavy atom. The van der Waals surface area contributed by atoms with Gasteiger partial charge in [-0.05, 0) is 29.8 Å². The molecule has 0 fully saturated rings. The van der Waals surface area contributed by atoms with Crippen LogP contribution in [-0.4, -0.2) is 66.4 Å². The van der Waals surface area contributed by atoms with Crippen molar-refractivity contribution in [2.24, 2.45) is 0 Å². The van der Waals surface area contributed by atoms with Gasteiger partial charge in [-0.25, -0.2) is 4.79 Å². The molecule has 2 aromatic rings. The lowest BCUT2D eigenvalue weighted by Crippen LogP contribution is -2.50.